The smallest absolute Gasteiger partial charge is 0.264 e. The highest BCUT2D eigenvalue weighted by Crippen LogP contribution is 2.54. The van der Waals surface area contributed by atoms with Crippen LogP contribution in [0.2, 0.25) is 0 Å². The number of nitrogens with zero attached hydrogens (tertiary/aromatic N) is 2. The molecular weight excluding hydrogens is 506 g/mol. The van der Waals surface area contributed by atoms with Gasteiger partial charge in [0, 0.05) is 42.5 Å². The van der Waals surface area contributed by atoms with E-state index < -0.39 is 59.6 Å². The molecule has 1 saturated carbocycles. The first-order chi connectivity index (χ1) is 18.7. The molecule has 3 amide bonds. The second-order valence-electron chi connectivity index (χ2n) is 11.0. The zero-order chi connectivity index (χ0) is 27.5. The summed E-state index contributed by atoms with van der Waals surface area (Å²) in [4.78, 5) is 41.0. The normalized spacial score (nSPS) is 28.2. The number of benzene rings is 2. The molecule has 202 valence electrons. The second-order valence-corrected chi connectivity index (χ2v) is 11.0. The van der Waals surface area contributed by atoms with Crippen molar-refractivity contribution < 1.29 is 28.3 Å². The molecule has 2 saturated heterocycles. The van der Waals surface area contributed by atoms with E-state index in [1.165, 1.54) is 0 Å². The molecule has 3 N–H and O–H groups in total. The average molecular weight is 535 g/mol. The first kappa shape index (κ1) is 25.4. The molecule has 10 heteroatoms. The largest absolute Gasteiger partial charge is 0.372 e. The molecule has 0 bridgehead atoms. The van der Waals surface area contributed by atoms with E-state index in [9.17, 15) is 33.5 Å². The second kappa shape index (κ2) is 9.12. The van der Waals surface area contributed by atoms with Gasteiger partial charge in [0.25, 0.3) is 11.8 Å². The van der Waals surface area contributed by atoms with Gasteiger partial charge in [-0.1, -0.05) is 48.5 Å². The lowest BCUT2D eigenvalue weighted by Crippen LogP contribution is -2.55. The minimum Gasteiger partial charge on any atom is -0.372 e. The number of aliphatic hydroxyl groups is 1. The summed E-state index contributed by atoms with van der Waals surface area (Å²) in [5.41, 5.74) is -0.165. The molecular formula is C29H28F2N4O4. The SMILES string of the molecule is N#C[C@@H](C[C@H]1CCNC1=O)NC(=O)[C@@H]1[C@@H]2CCC(F)(F)[C@@H]2CN1C(=O)C1(O)c2ccccc2-c2ccccc21. The summed E-state index contributed by atoms with van der Waals surface area (Å²) >= 11 is 0. The Balaban J connectivity index is 1.35. The number of nitrogens with one attached hydrogen (secondary N) is 2. The molecule has 0 radical (unpaired) electrons. The molecule has 8 nitrogen and oxygen atoms in total. The van der Waals surface area contributed by atoms with Crippen LogP contribution in [-0.4, -0.2) is 58.8 Å². The van der Waals surface area contributed by atoms with Crippen molar-refractivity contribution in [3.05, 3.63) is 59.7 Å². The minimum atomic E-state index is -3.07. The van der Waals surface area contributed by atoms with Crippen LogP contribution >= 0.6 is 0 Å². The van der Waals surface area contributed by atoms with Crippen molar-refractivity contribution in [2.45, 2.75) is 49.3 Å². The molecule has 0 unspecified atom stereocenters. The van der Waals surface area contributed by atoms with Crippen LogP contribution in [-0.2, 0) is 20.0 Å². The zero-order valence-electron chi connectivity index (χ0n) is 21.1. The monoisotopic (exact) mass is 534 g/mol. The lowest BCUT2D eigenvalue weighted by atomic mass is 9.88. The van der Waals surface area contributed by atoms with Gasteiger partial charge in [-0.25, -0.2) is 8.78 Å². The number of carbonyl (C=O) groups is 3. The number of amides is 3. The van der Waals surface area contributed by atoms with E-state index in [1.807, 2.05) is 6.07 Å². The summed E-state index contributed by atoms with van der Waals surface area (Å²) < 4.78 is 29.9. The molecule has 6 rings (SSSR count). The highest BCUT2D eigenvalue weighted by atomic mass is 19.3. The summed E-state index contributed by atoms with van der Waals surface area (Å²) in [5, 5.41) is 27.1. The number of hydrogen-bond acceptors (Lipinski definition) is 5. The number of hydrogen-bond donors (Lipinski definition) is 3. The Morgan fingerprint density at radius 3 is 2.36 bits per heavy atom. The molecule has 2 aliphatic carbocycles. The fourth-order valence-electron chi connectivity index (χ4n) is 7.01. The quantitative estimate of drug-likeness (QED) is 0.544. The molecule has 0 spiro atoms. The van der Waals surface area contributed by atoms with Crippen LogP contribution < -0.4 is 10.6 Å². The summed E-state index contributed by atoms with van der Waals surface area (Å²) in [6, 6.07) is 13.5. The Morgan fingerprint density at radius 1 is 1.13 bits per heavy atom. The van der Waals surface area contributed by atoms with Crippen molar-refractivity contribution >= 4 is 17.7 Å². The predicted octanol–water partition coefficient (Wildman–Crippen LogP) is 2.31. The third-order valence-corrected chi connectivity index (χ3v) is 8.92. The van der Waals surface area contributed by atoms with E-state index in [1.54, 1.807) is 48.5 Å². The number of rotatable bonds is 5. The average Bonchev–Trinajstić information content (AvgIpc) is 3.66. The highest BCUT2D eigenvalue weighted by Gasteiger charge is 2.63. The molecule has 3 fully saturated rings. The molecule has 0 aromatic heterocycles. The number of fused-ring (bicyclic) bond motifs is 4. The first-order valence-corrected chi connectivity index (χ1v) is 13.2. The summed E-state index contributed by atoms with van der Waals surface area (Å²) in [6.45, 7) is 0.102. The van der Waals surface area contributed by atoms with Gasteiger partial charge < -0.3 is 20.6 Å². The van der Waals surface area contributed by atoms with Gasteiger partial charge in [0.05, 0.1) is 6.07 Å². The Bertz CT molecular complexity index is 1360. The fraction of sp³-hybridized carbons (Fsp3) is 0.448. The molecule has 4 aliphatic rings. The minimum absolute atomic E-state index is 0.0351. The van der Waals surface area contributed by atoms with E-state index in [0.29, 0.717) is 35.2 Å². The van der Waals surface area contributed by atoms with Gasteiger partial charge in [-0.2, -0.15) is 5.26 Å². The third-order valence-electron chi connectivity index (χ3n) is 8.92. The predicted molar refractivity (Wildman–Crippen MR) is 135 cm³/mol. The summed E-state index contributed by atoms with van der Waals surface area (Å²) in [6.07, 6.45) is 0.259. The molecule has 2 aromatic rings. The van der Waals surface area contributed by atoms with Crippen molar-refractivity contribution in [1.29, 1.82) is 5.26 Å². The molecule has 2 aliphatic heterocycles. The van der Waals surface area contributed by atoms with Crippen LogP contribution in [0.15, 0.2) is 48.5 Å². The molecule has 39 heavy (non-hydrogen) atoms. The van der Waals surface area contributed by atoms with Crippen LogP contribution in [0.3, 0.4) is 0 Å². The Labute approximate surface area is 224 Å². The maximum absolute atomic E-state index is 14.9. The van der Waals surface area contributed by atoms with Crippen LogP contribution in [0.25, 0.3) is 11.1 Å². The number of alkyl halides is 2. The maximum atomic E-state index is 14.9. The first-order valence-electron chi connectivity index (χ1n) is 13.2. The van der Waals surface area contributed by atoms with Gasteiger partial charge >= 0.3 is 0 Å². The fourth-order valence-corrected chi connectivity index (χ4v) is 7.01. The number of likely N-dealkylation sites (tertiary alicyclic amines) is 1. The zero-order valence-corrected chi connectivity index (χ0v) is 21.1. The Kier molecular flexibility index (Phi) is 5.95. The van der Waals surface area contributed by atoms with E-state index in [2.05, 4.69) is 10.6 Å². The maximum Gasteiger partial charge on any atom is 0.264 e. The van der Waals surface area contributed by atoms with E-state index in [-0.39, 0.29) is 25.3 Å². The van der Waals surface area contributed by atoms with Crippen molar-refractivity contribution in [2.75, 3.05) is 13.1 Å². The molecule has 2 aromatic carbocycles. The number of carbonyl (C=O) groups excluding carboxylic acids is 3. The van der Waals surface area contributed by atoms with Crippen LogP contribution in [0.4, 0.5) is 8.78 Å². The summed E-state index contributed by atoms with van der Waals surface area (Å²) in [7, 11) is 0. The highest BCUT2D eigenvalue weighted by molar-refractivity contribution is 6.01. The van der Waals surface area contributed by atoms with E-state index in [4.69, 9.17) is 0 Å². The van der Waals surface area contributed by atoms with Crippen molar-refractivity contribution in [1.82, 2.24) is 15.5 Å². The van der Waals surface area contributed by atoms with Gasteiger partial charge in [0.2, 0.25) is 11.8 Å². The van der Waals surface area contributed by atoms with Crippen LogP contribution in [0, 0.1) is 29.1 Å². The van der Waals surface area contributed by atoms with Crippen molar-refractivity contribution in [3.8, 4) is 17.2 Å². The number of halogens is 2. The van der Waals surface area contributed by atoms with Gasteiger partial charge in [0.1, 0.15) is 12.1 Å². The molecule has 2 heterocycles. The molecule has 5 atom stereocenters. The lowest BCUT2D eigenvalue weighted by Gasteiger charge is -2.34. The van der Waals surface area contributed by atoms with Gasteiger partial charge in [-0.05, 0) is 36.3 Å². The van der Waals surface area contributed by atoms with Gasteiger partial charge in [-0.3, -0.25) is 14.4 Å². The van der Waals surface area contributed by atoms with Gasteiger partial charge in [0.15, 0.2) is 5.60 Å². The van der Waals surface area contributed by atoms with E-state index >= 15 is 0 Å². The van der Waals surface area contributed by atoms with Crippen molar-refractivity contribution in [3.63, 3.8) is 0 Å². The van der Waals surface area contributed by atoms with Crippen LogP contribution in [0.5, 0.6) is 0 Å². The number of nitriles is 1. The summed E-state index contributed by atoms with van der Waals surface area (Å²) in [5.74, 6) is -7.33. The van der Waals surface area contributed by atoms with Crippen LogP contribution in [0.1, 0.15) is 36.8 Å². The van der Waals surface area contributed by atoms with E-state index in [0.717, 1.165) is 4.90 Å². The topological polar surface area (TPSA) is 123 Å². The Hall–Kier alpha value is -3.84. The van der Waals surface area contributed by atoms with Gasteiger partial charge in [-0.15, -0.1) is 0 Å². The Morgan fingerprint density at radius 2 is 1.77 bits per heavy atom. The third kappa shape index (κ3) is 3.82. The van der Waals surface area contributed by atoms with Crippen molar-refractivity contribution in [2.24, 2.45) is 17.8 Å². The standard InChI is InChI=1S/C29H28F2N4O4/c30-28(31)11-9-20-23(28)15-35(24(20)26(37)34-17(14-32)13-16-10-12-33-25(16)36)27(38)29(39)21-7-3-1-5-18(21)19-6-2-4-8-22(19)29/h1-8,16-17,20,23-24,39H,9-13,15H2,(H,33,36)(H,34,37)/t16-,17-,20-,23-,24+/m1/s1. The lowest BCUT2D eigenvalue weighted by molar-refractivity contribution is -0.153.